The summed E-state index contributed by atoms with van der Waals surface area (Å²) in [6, 6.07) is 0. The van der Waals surface area contributed by atoms with Crippen molar-refractivity contribution in [3.05, 3.63) is 58.7 Å². The second-order valence-electron chi connectivity index (χ2n) is 11.8. The average molecular weight is 524 g/mol. The summed E-state index contributed by atoms with van der Waals surface area (Å²) in [5, 5.41) is 13.0. The molecule has 1 aliphatic rings. The van der Waals surface area contributed by atoms with Crippen LogP contribution < -0.4 is 0 Å². The highest BCUT2D eigenvalue weighted by molar-refractivity contribution is 5.83. The van der Waals surface area contributed by atoms with Crippen LogP contribution in [0.15, 0.2) is 63.9 Å². The summed E-state index contributed by atoms with van der Waals surface area (Å²) in [4.78, 5) is 0. The minimum Gasteiger partial charge on any atom is -0.411 e. The number of nitrogens with zero attached hydrogens (tertiary/aromatic N) is 1. The van der Waals surface area contributed by atoms with Crippen LogP contribution in [-0.2, 0) is 0 Å². The minimum atomic E-state index is 0.686. The quantitative estimate of drug-likeness (QED) is 0.0524. The first kappa shape index (κ1) is 34.2. The molecule has 0 aromatic heterocycles. The Morgan fingerprint density at radius 1 is 0.842 bits per heavy atom. The zero-order valence-corrected chi connectivity index (χ0v) is 25.9. The lowest BCUT2D eigenvalue weighted by molar-refractivity contribution is 0.316. The fraction of sp³-hybridized carbons (Fsp3) is 0.694. The summed E-state index contributed by atoms with van der Waals surface area (Å²) in [6.07, 6.45) is 37.7. The van der Waals surface area contributed by atoms with Crippen molar-refractivity contribution in [3.8, 4) is 0 Å². The van der Waals surface area contributed by atoms with Crippen LogP contribution in [0.4, 0.5) is 0 Å². The monoisotopic (exact) mass is 523 g/mol. The first-order valence-corrected chi connectivity index (χ1v) is 16.1. The number of rotatable bonds is 21. The molecule has 0 amide bonds. The normalized spacial score (nSPS) is 17.9. The van der Waals surface area contributed by atoms with Gasteiger partial charge in [-0.2, -0.15) is 0 Å². The van der Waals surface area contributed by atoms with E-state index < -0.39 is 0 Å². The third-order valence-corrected chi connectivity index (χ3v) is 8.07. The molecule has 0 saturated heterocycles. The minimum absolute atomic E-state index is 0.686. The number of unbranched alkanes of at least 4 members (excludes halogenated alkanes) is 12. The largest absolute Gasteiger partial charge is 0.411 e. The Hall–Kier alpha value is -1.83. The lowest BCUT2D eigenvalue weighted by Gasteiger charge is -2.22. The number of oxime groups is 1. The van der Waals surface area contributed by atoms with Crippen molar-refractivity contribution in [3.63, 3.8) is 0 Å². The molecule has 1 atom stereocenters. The highest BCUT2D eigenvalue weighted by Gasteiger charge is 2.14. The molecule has 1 N–H and O–H groups in total. The molecule has 0 aromatic carbocycles. The third kappa shape index (κ3) is 17.6. The van der Waals surface area contributed by atoms with Gasteiger partial charge in [-0.3, -0.25) is 0 Å². The third-order valence-electron chi connectivity index (χ3n) is 8.07. The summed E-state index contributed by atoms with van der Waals surface area (Å²) in [6.45, 7) is 11.2. The van der Waals surface area contributed by atoms with E-state index in [2.05, 4.69) is 76.2 Å². The second kappa shape index (κ2) is 23.1. The Morgan fingerprint density at radius 2 is 1.45 bits per heavy atom. The first-order valence-electron chi connectivity index (χ1n) is 16.1. The fourth-order valence-electron chi connectivity index (χ4n) is 5.44. The van der Waals surface area contributed by atoms with Gasteiger partial charge in [-0.15, -0.1) is 0 Å². The van der Waals surface area contributed by atoms with Gasteiger partial charge in [0.15, 0.2) is 0 Å². The van der Waals surface area contributed by atoms with Crippen molar-refractivity contribution in [1.29, 1.82) is 0 Å². The van der Waals surface area contributed by atoms with Crippen molar-refractivity contribution in [1.82, 2.24) is 0 Å². The Bertz CT molecular complexity index is 792. The van der Waals surface area contributed by atoms with Crippen molar-refractivity contribution < 1.29 is 5.21 Å². The molecule has 216 valence electrons. The smallest absolute Gasteiger partial charge is 0.0573 e. The van der Waals surface area contributed by atoms with E-state index in [1.54, 1.807) is 5.57 Å². The van der Waals surface area contributed by atoms with Gasteiger partial charge in [-0.1, -0.05) is 149 Å². The van der Waals surface area contributed by atoms with Gasteiger partial charge >= 0.3 is 0 Å². The van der Waals surface area contributed by atoms with Gasteiger partial charge in [-0.25, -0.2) is 0 Å². The van der Waals surface area contributed by atoms with Crippen molar-refractivity contribution in [2.45, 2.75) is 157 Å². The van der Waals surface area contributed by atoms with Gasteiger partial charge in [0.1, 0.15) is 0 Å². The Balaban J connectivity index is 2.16. The number of allylic oxidation sites excluding steroid dienone is 10. The Kier molecular flexibility index (Phi) is 20.8. The molecule has 0 heterocycles. The van der Waals surface area contributed by atoms with Crippen molar-refractivity contribution in [2.75, 3.05) is 0 Å². The predicted molar refractivity (Wildman–Crippen MR) is 170 cm³/mol. The average Bonchev–Trinajstić information content (AvgIpc) is 2.90. The molecular formula is C36H61NO. The maximum Gasteiger partial charge on any atom is 0.0573 e. The standard InChI is InChI=1S/C36H61NO/c1-6-7-8-9-10-11-12-13-14-15-16-17-18-27-35(37-38)28-20-24-31(2)22-19-23-32(3)29-30-36-33(4)25-21-26-34(36)5/h19,22-24,29-30,33,38H,6-18,20-21,25-28H2,1-5H3/b22-19+,30-29+,31-24+,32-23+,37-35+. The van der Waals surface area contributed by atoms with E-state index in [1.807, 2.05) is 0 Å². The molecule has 0 aromatic rings. The summed E-state index contributed by atoms with van der Waals surface area (Å²) < 4.78 is 0. The number of hydrogen-bond acceptors (Lipinski definition) is 2. The molecule has 38 heavy (non-hydrogen) atoms. The summed E-state index contributed by atoms with van der Waals surface area (Å²) in [5.74, 6) is 0.686. The molecule has 2 nitrogen and oxygen atoms in total. The van der Waals surface area contributed by atoms with Gasteiger partial charge in [0, 0.05) is 0 Å². The summed E-state index contributed by atoms with van der Waals surface area (Å²) in [7, 11) is 0. The van der Waals surface area contributed by atoms with E-state index in [-0.39, 0.29) is 0 Å². The van der Waals surface area contributed by atoms with E-state index in [9.17, 15) is 5.21 Å². The van der Waals surface area contributed by atoms with Crippen LogP contribution in [-0.4, -0.2) is 10.9 Å². The van der Waals surface area contributed by atoms with Crippen LogP contribution in [0.3, 0.4) is 0 Å². The van der Waals surface area contributed by atoms with Crippen LogP contribution >= 0.6 is 0 Å². The predicted octanol–water partition coefficient (Wildman–Crippen LogP) is 12.2. The first-order chi connectivity index (χ1) is 18.5. The van der Waals surface area contributed by atoms with Gasteiger partial charge in [0.2, 0.25) is 0 Å². The Morgan fingerprint density at radius 3 is 2.03 bits per heavy atom. The highest BCUT2D eigenvalue weighted by atomic mass is 16.4. The number of hydrogen-bond donors (Lipinski definition) is 1. The van der Waals surface area contributed by atoms with Gasteiger partial charge < -0.3 is 5.21 Å². The van der Waals surface area contributed by atoms with Crippen LogP contribution in [0, 0.1) is 5.92 Å². The topological polar surface area (TPSA) is 32.6 Å². The zero-order valence-electron chi connectivity index (χ0n) is 25.9. The molecule has 0 bridgehead atoms. The molecule has 1 aliphatic carbocycles. The lowest BCUT2D eigenvalue weighted by atomic mass is 9.84. The fourth-order valence-corrected chi connectivity index (χ4v) is 5.44. The van der Waals surface area contributed by atoms with E-state index in [0.29, 0.717) is 5.92 Å². The van der Waals surface area contributed by atoms with Crippen LogP contribution in [0.1, 0.15) is 157 Å². The molecule has 0 spiro atoms. The molecule has 0 fully saturated rings. The molecule has 0 saturated carbocycles. The highest BCUT2D eigenvalue weighted by Crippen LogP contribution is 2.30. The van der Waals surface area contributed by atoms with Gasteiger partial charge in [-0.05, 0) is 77.2 Å². The van der Waals surface area contributed by atoms with E-state index in [0.717, 1.165) is 31.4 Å². The van der Waals surface area contributed by atoms with Crippen molar-refractivity contribution in [2.24, 2.45) is 11.1 Å². The van der Waals surface area contributed by atoms with Crippen LogP contribution in [0.5, 0.6) is 0 Å². The Labute approximate surface area is 237 Å². The maximum absolute atomic E-state index is 9.40. The second-order valence-corrected chi connectivity index (χ2v) is 11.8. The maximum atomic E-state index is 9.40. The van der Waals surface area contributed by atoms with E-state index >= 15 is 0 Å². The summed E-state index contributed by atoms with van der Waals surface area (Å²) in [5.41, 5.74) is 6.57. The SMILES string of the molecule is CCCCCCCCCCCCCCC/C(CC/C=C(C)/C=C/C=C(C)/C=C/C1=C(C)CCCC1C)=N\O. The molecule has 2 heteroatoms. The molecule has 0 aliphatic heterocycles. The van der Waals surface area contributed by atoms with Crippen molar-refractivity contribution >= 4 is 5.71 Å². The zero-order chi connectivity index (χ0) is 27.8. The summed E-state index contributed by atoms with van der Waals surface area (Å²) >= 11 is 0. The molecule has 1 unspecified atom stereocenters. The lowest BCUT2D eigenvalue weighted by Crippen LogP contribution is -2.06. The molecular weight excluding hydrogens is 462 g/mol. The van der Waals surface area contributed by atoms with Crippen LogP contribution in [0.2, 0.25) is 0 Å². The molecule has 0 radical (unpaired) electrons. The van der Waals surface area contributed by atoms with Gasteiger partial charge in [0.05, 0.1) is 5.71 Å². The van der Waals surface area contributed by atoms with E-state index in [4.69, 9.17) is 0 Å². The van der Waals surface area contributed by atoms with Gasteiger partial charge in [0.25, 0.3) is 0 Å². The molecule has 1 rings (SSSR count). The van der Waals surface area contributed by atoms with Crippen LogP contribution in [0.25, 0.3) is 0 Å². The van der Waals surface area contributed by atoms with E-state index in [1.165, 1.54) is 113 Å².